The highest BCUT2D eigenvalue weighted by Gasteiger charge is 2.27. The van der Waals surface area contributed by atoms with E-state index >= 15 is 0 Å². The SMILES string of the molecule is CCCC(CC(=O)OC)C(=O)C(=O)OC. The van der Waals surface area contributed by atoms with Crippen LogP contribution in [0.15, 0.2) is 0 Å². The number of Topliss-reactive ketones (excluding diaryl/α,β-unsaturated/α-hetero) is 1. The van der Waals surface area contributed by atoms with Crippen LogP contribution in [0.1, 0.15) is 26.2 Å². The van der Waals surface area contributed by atoms with E-state index in [1.54, 1.807) is 0 Å². The smallest absolute Gasteiger partial charge is 0.374 e. The van der Waals surface area contributed by atoms with Crippen LogP contribution in [0.2, 0.25) is 0 Å². The van der Waals surface area contributed by atoms with Gasteiger partial charge in [0.25, 0.3) is 0 Å². The number of methoxy groups -OCH3 is 2. The second-order valence-corrected chi connectivity index (χ2v) is 3.12. The number of ketones is 1. The molecule has 0 rings (SSSR count). The van der Waals surface area contributed by atoms with Gasteiger partial charge in [-0.1, -0.05) is 13.3 Å². The van der Waals surface area contributed by atoms with E-state index < -0.39 is 23.6 Å². The van der Waals surface area contributed by atoms with Crippen molar-refractivity contribution in [2.75, 3.05) is 14.2 Å². The minimum Gasteiger partial charge on any atom is -0.469 e. The number of ether oxygens (including phenoxy) is 2. The molecule has 1 unspecified atom stereocenters. The largest absolute Gasteiger partial charge is 0.469 e. The van der Waals surface area contributed by atoms with Gasteiger partial charge in [0.05, 0.1) is 20.6 Å². The van der Waals surface area contributed by atoms with Gasteiger partial charge >= 0.3 is 11.9 Å². The van der Waals surface area contributed by atoms with Crippen LogP contribution < -0.4 is 0 Å². The van der Waals surface area contributed by atoms with Gasteiger partial charge in [0.1, 0.15) is 0 Å². The lowest BCUT2D eigenvalue weighted by atomic mass is 9.95. The van der Waals surface area contributed by atoms with Crippen LogP contribution in [0.5, 0.6) is 0 Å². The van der Waals surface area contributed by atoms with E-state index in [2.05, 4.69) is 9.47 Å². The highest BCUT2D eigenvalue weighted by Crippen LogP contribution is 2.14. The summed E-state index contributed by atoms with van der Waals surface area (Å²) in [6.45, 7) is 1.87. The maximum atomic E-state index is 11.4. The molecular formula is C10H16O5. The zero-order valence-corrected chi connectivity index (χ0v) is 9.24. The van der Waals surface area contributed by atoms with Gasteiger partial charge in [-0.25, -0.2) is 4.79 Å². The molecule has 0 bridgehead atoms. The van der Waals surface area contributed by atoms with Crippen molar-refractivity contribution in [3.05, 3.63) is 0 Å². The normalized spacial score (nSPS) is 11.7. The number of rotatable bonds is 6. The minimum atomic E-state index is -0.905. The van der Waals surface area contributed by atoms with Crippen molar-refractivity contribution >= 4 is 17.7 Å². The lowest BCUT2D eigenvalue weighted by Crippen LogP contribution is -2.27. The van der Waals surface area contributed by atoms with Crippen LogP contribution in [0.4, 0.5) is 0 Å². The summed E-state index contributed by atoms with van der Waals surface area (Å²) in [5, 5.41) is 0. The van der Waals surface area contributed by atoms with Crippen LogP contribution >= 0.6 is 0 Å². The summed E-state index contributed by atoms with van der Waals surface area (Å²) in [5.74, 6) is -2.69. The molecule has 15 heavy (non-hydrogen) atoms. The van der Waals surface area contributed by atoms with Crippen LogP contribution in [0.3, 0.4) is 0 Å². The van der Waals surface area contributed by atoms with Crippen molar-refractivity contribution < 1.29 is 23.9 Å². The molecule has 0 saturated carbocycles. The van der Waals surface area contributed by atoms with Crippen LogP contribution in [-0.4, -0.2) is 31.9 Å². The molecule has 0 radical (unpaired) electrons. The van der Waals surface area contributed by atoms with Gasteiger partial charge < -0.3 is 9.47 Å². The van der Waals surface area contributed by atoms with Gasteiger partial charge in [-0.15, -0.1) is 0 Å². The third kappa shape index (κ3) is 4.58. The maximum Gasteiger partial charge on any atom is 0.374 e. The Bertz CT molecular complexity index is 246. The Kier molecular flexibility index (Phi) is 6.33. The summed E-state index contributed by atoms with van der Waals surface area (Å²) in [7, 11) is 2.38. The van der Waals surface area contributed by atoms with E-state index in [0.717, 1.165) is 7.11 Å². The molecule has 5 nitrogen and oxygen atoms in total. The predicted octanol–water partition coefficient (Wildman–Crippen LogP) is 0.708. The highest BCUT2D eigenvalue weighted by molar-refractivity contribution is 6.34. The van der Waals surface area contributed by atoms with Crippen LogP contribution in [-0.2, 0) is 23.9 Å². The number of carbonyl (C=O) groups excluding carboxylic acids is 3. The van der Waals surface area contributed by atoms with Gasteiger partial charge in [-0.3, -0.25) is 9.59 Å². The van der Waals surface area contributed by atoms with Crippen molar-refractivity contribution in [1.82, 2.24) is 0 Å². The van der Waals surface area contributed by atoms with Gasteiger partial charge in [-0.2, -0.15) is 0 Å². The lowest BCUT2D eigenvalue weighted by Gasteiger charge is -2.11. The molecule has 0 aromatic heterocycles. The first-order valence-electron chi connectivity index (χ1n) is 4.75. The molecule has 86 valence electrons. The van der Waals surface area contributed by atoms with Crippen molar-refractivity contribution in [3.63, 3.8) is 0 Å². The molecule has 1 atom stereocenters. The monoisotopic (exact) mass is 216 g/mol. The number of carbonyl (C=O) groups is 3. The summed E-state index contributed by atoms with van der Waals surface area (Å²) in [6.07, 6.45) is 1.12. The summed E-state index contributed by atoms with van der Waals surface area (Å²) in [6, 6.07) is 0. The molecule has 0 fully saturated rings. The first kappa shape index (κ1) is 13.6. The zero-order valence-electron chi connectivity index (χ0n) is 9.24. The summed E-state index contributed by atoms with van der Waals surface area (Å²) in [4.78, 5) is 33.4. The lowest BCUT2D eigenvalue weighted by molar-refractivity contribution is -0.155. The van der Waals surface area contributed by atoms with Gasteiger partial charge in [0, 0.05) is 5.92 Å². The van der Waals surface area contributed by atoms with E-state index in [4.69, 9.17) is 0 Å². The predicted molar refractivity (Wildman–Crippen MR) is 52.1 cm³/mol. The summed E-state index contributed by atoms with van der Waals surface area (Å²) < 4.78 is 8.76. The first-order valence-corrected chi connectivity index (χ1v) is 4.75. The molecule has 0 N–H and O–H groups in total. The minimum absolute atomic E-state index is 0.0712. The van der Waals surface area contributed by atoms with E-state index in [1.807, 2.05) is 6.92 Å². The fourth-order valence-electron chi connectivity index (χ4n) is 1.23. The molecule has 0 spiro atoms. The van der Waals surface area contributed by atoms with E-state index in [-0.39, 0.29) is 6.42 Å². The fraction of sp³-hybridized carbons (Fsp3) is 0.700. The fourth-order valence-corrected chi connectivity index (χ4v) is 1.23. The Morgan fingerprint density at radius 1 is 1.13 bits per heavy atom. The Morgan fingerprint density at radius 2 is 1.73 bits per heavy atom. The van der Waals surface area contributed by atoms with Crippen LogP contribution in [0.25, 0.3) is 0 Å². The average Bonchev–Trinajstić information content (AvgIpc) is 2.26. The van der Waals surface area contributed by atoms with Gasteiger partial charge in [-0.05, 0) is 6.42 Å². The van der Waals surface area contributed by atoms with Crippen molar-refractivity contribution in [1.29, 1.82) is 0 Å². The maximum absolute atomic E-state index is 11.4. The standard InChI is InChI=1S/C10H16O5/c1-4-5-7(6-8(11)14-2)9(12)10(13)15-3/h7H,4-6H2,1-3H3. The highest BCUT2D eigenvalue weighted by atomic mass is 16.5. The van der Waals surface area contributed by atoms with E-state index in [1.165, 1.54) is 7.11 Å². The molecule has 0 amide bonds. The number of hydrogen-bond acceptors (Lipinski definition) is 5. The van der Waals surface area contributed by atoms with Crippen molar-refractivity contribution in [3.8, 4) is 0 Å². The Balaban J connectivity index is 4.44. The summed E-state index contributed by atoms with van der Waals surface area (Å²) in [5.41, 5.74) is 0. The molecule has 0 aliphatic rings. The van der Waals surface area contributed by atoms with Crippen molar-refractivity contribution in [2.45, 2.75) is 26.2 Å². The van der Waals surface area contributed by atoms with E-state index in [0.29, 0.717) is 12.8 Å². The van der Waals surface area contributed by atoms with Gasteiger partial charge in [0.15, 0.2) is 0 Å². The third-order valence-electron chi connectivity index (χ3n) is 2.04. The number of esters is 2. The van der Waals surface area contributed by atoms with E-state index in [9.17, 15) is 14.4 Å². The Morgan fingerprint density at radius 3 is 2.13 bits per heavy atom. The molecule has 0 saturated heterocycles. The molecule has 0 aliphatic heterocycles. The third-order valence-corrected chi connectivity index (χ3v) is 2.04. The molecule has 0 aromatic rings. The second-order valence-electron chi connectivity index (χ2n) is 3.12. The topological polar surface area (TPSA) is 69.7 Å². The molecule has 0 heterocycles. The zero-order chi connectivity index (χ0) is 11.8. The first-order chi connectivity index (χ1) is 7.06. The Hall–Kier alpha value is -1.39. The molecule has 0 aromatic carbocycles. The number of hydrogen-bond donors (Lipinski definition) is 0. The second kappa shape index (κ2) is 6.98. The molecule has 0 aliphatic carbocycles. The summed E-state index contributed by atoms with van der Waals surface area (Å²) >= 11 is 0. The van der Waals surface area contributed by atoms with Gasteiger partial charge in [0.2, 0.25) is 5.78 Å². The molecule has 5 heteroatoms. The van der Waals surface area contributed by atoms with Crippen LogP contribution in [0, 0.1) is 5.92 Å². The average molecular weight is 216 g/mol. The van der Waals surface area contributed by atoms with Crippen molar-refractivity contribution in [2.24, 2.45) is 5.92 Å². The molecular weight excluding hydrogens is 200 g/mol. The quantitative estimate of drug-likeness (QED) is 0.483. The Labute approximate surface area is 88.7 Å².